The number of imidazole rings is 1. The number of benzene rings is 1. The highest BCUT2D eigenvalue weighted by Gasteiger charge is 2.18. The molecule has 0 atom stereocenters. The van der Waals surface area contributed by atoms with E-state index in [9.17, 15) is 0 Å². The van der Waals surface area contributed by atoms with Crippen molar-refractivity contribution in [3.8, 4) is 0 Å². The summed E-state index contributed by atoms with van der Waals surface area (Å²) < 4.78 is 2.45. The molecule has 0 aliphatic heterocycles. The molecule has 20 heavy (non-hydrogen) atoms. The van der Waals surface area contributed by atoms with Gasteiger partial charge in [-0.25, -0.2) is 4.98 Å². The first-order valence-corrected chi connectivity index (χ1v) is 7.97. The molecule has 0 N–H and O–H groups in total. The molecule has 1 aromatic heterocycles. The standard InChI is InChI=1S/C18H22N2/c1-13-19-17-7-2-3-8-18(17)20(13)12-14-9-10-15-5-4-6-16(15)11-14/h9-11H,2-8,12H2,1H3. The summed E-state index contributed by atoms with van der Waals surface area (Å²) >= 11 is 0. The van der Waals surface area contributed by atoms with Crippen LogP contribution in [0, 0.1) is 6.92 Å². The topological polar surface area (TPSA) is 17.8 Å². The van der Waals surface area contributed by atoms with E-state index in [1.807, 2.05) is 0 Å². The molecule has 2 nitrogen and oxygen atoms in total. The van der Waals surface area contributed by atoms with Gasteiger partial charge in [-0.2, -0.15) is 0 Å². The molecule has 0 amide bonds. The van der Waals surface area contributed by atoms with Crippen molar-refractivity contribution in [1.82, 2.24) is 9.55 Å². The molecule has 0 saturated carbocycles. The second kappa shape index (κ2) is 4.76. The first-order chi connectivity index (χ1) is 9.81. The van der Waals surface area contributed by atoms with E-state index in [4.69, 9.17) is 4.98 Å². The summed E-state index contributed by atoms with van der Waals surface area (Å²) in [6.45, 7) is 3.16. The lowest BCUT2D eigenvalue weighted by atomic mass is 10.0. The van der Waals surface area contributed by atoms with Crippen molar-refractivity contribution in [2.24, 2.45) is 0 Å². The minimum atomic E-state index is 1.00. The fraction of sp³-hybridized carbons (Fsp3) is 0.500. The van der Waals surface area contributed by atoms with Crippen LogP contribution in [0.2, 0.25) is 0 Å². The SMILES string of the molecule is Cc1nc2c(n1Cc1ccc3c(c1)CCC3)CCCC2. The van der Waals surface area contributed by atoms with Crippen molar-refractivity contribution in [2.45, 2.75) is 58.4 Å². The fourth-order valence-electron chi connectivity index (χ4n) is 3.85. The van der Waals surface area contributed by atoms with E-state index in [2.05, 4.69) is 29.7 Å². The monoisotopic (exact) mass is 266 g/mol. The Labute approximate surface area is 120 Å². The van der Waals surface area contributed by atoms with Crippen molar-refractivity contribution in [3.63, 3.8) is 0 Å². The van der Waals surface area contributed by atoms with E-state index >= 15 is 0 Å². The Hall–Kier alpha value is -1.57. The van der Waals surface area contributed by atoms with Crippen LogP contribution in [0.5, 0.6) is 0 Å². The Morgan fingerprint density at radius 1 is 1.00 bits per heavy atom. The number of aromatic nitrogens is 2. The quantitative estimate of drug-likeness (QED) is 0.812. The molecule has 0 bridgehead atoms. The Morgan fingerprint density at radius 2 is 1.85 bits per heavy atom. The molecular formula is C18H22N2. The van der Waals surface area contributed by atoms with Gasteiger partial charge < -0.3 is 4.57 Å². The van der Waals surface area contributed by atoms with E-state index in [1.165, 1.54) is 67.7 Å². The zero-order valence-corrected chi connectivity index (χ0v) is 12.3. The van der Waals surface area contributed by atoms with Crippen LogP contribution in [0.4, 0.5) is 0 Å². The molecule has 1 heterocycles. The third kappa shape index (κ3) is 1.98. The molecule has 2 aliphatic carbocycles. The van der Waals surface area contributed by atoms with Gasteiger partial charge >= 0.3 is 0 Å². The minimum absolute atomic E-state index is 1.00. The molecule has 2 aromatic rings. The summed E-state index contributed by atoms with van der Waals surface area (Å²) in [6, 6.07) is 7.09. The minimum Gasteiger partial charge on any atom is -0.328 e. The van der Waals surface area contributed by atoms with E-state index in [1.54, 1.807) is 11.1 Å². The predicted molar refractivity (Wildman–Crippen MR) is 81.2 cm³/mol. The van der Waals surface area contributed by atoms with Crippen molar-refractivity contribution < 1.29 is 0 Å². The van der Waals surface area contributed by atoms with Crippen molar-refractivity contribution in [3.05, 3.63) is 52.1 Å². The second-order valence-electron chi connectivity index (χ2n) is 6.30. The van der Waals surface area contributed by atoms with Gasteiger partial charge in [-0.1, -0.05) is 18.2 Å². The first-order valence-electron chi connectivity index (χ1n) is 7.97. The molecule has 104 valence electrons. The highest BCUT2D eigenvalue weighted by atomic mass is 15.1. The fourth-order valence-corrected chi connectivity index (χ4v) is 3.85. The van der Waals surface area contributed by atoms with Crippen LogP contribution in [-0.2, 0) is 32.2 Å². The normalized spacial score (nSPS) is 17.1. The van der Waals surface area contributed by atoms with Gasteiger partial charge in [-0.15, -0.1) is 0 Å². The van der Waals surface area contributed by atoms with E-state index in [0.717, 1.165) is 6.54 Å². The molecule has 2 heteroatoms. The lowest BCUT2D eigenvalue weighted by Crippen LogP contribution is -2.10. The summed E-state index contributed by atoms with van der Waals surface area (Å²) in [5.74, 6) is 1.19. The lowest BCUT2D eigenvalue weighted by Gasteiger charge is -2.15. The Bertz CT molecular complexity index is 652. The van der Waals surface area contributed by atoms with Crippen LogP contribution in [0.25, 0.3) is 0 Å². The molecule has 0 spiro atoms. The second-order valence-corrected chi connectivity index (χ2v) is 6.30. The molecule has 0 radical (unpaired) electrons. The maximum atomic E-state index is 4.78. The van der Waals surface area contributed by atoms with Crippen molar-refractivity contribution >= 4 is 0 Å². The molecule has 4 rings (SSSR count). The molecule has 2 aliphatic rings. The number of rotatable bonds is 2. The Balaban J connectivity index is 1.67. The number of hydrogen-bond donors (Lipinski definition) is 0. The lowest BCUT2D eigenvalue weighted by molar-refractivity contribution is 0.624. The highest BCUT2D eigenvalue weighted by Crippen LogP contribution is 2.26. The largest absolute Gasteiger partial charge is 0.328 e. The zero-order valence-electron chi connectivity index (χ0n) is 12.3. The molecule has 0 fully saturated rings. The number of aryl methyl sites for hydroxylation is 4. The number of nitrogens with zero attached hydrogens (tertiary/aromatic N) is 2. The molecule has 0 unspecified atom stereocenters. The smallest absolute Gasteiger partial charge is 0.106 e. The van der Waals surface area contributed by atoms with Crippen LogP contribution in [-0.4, -0.2) is 9.55 Å². The zero-order chi connectivity index (χ0) is 13.5. The predicted octanol–water partition coefficient (Wildman–Crippen LogP) is 3.61. The third-order valence-corrected chi connectivity index (χ3v) is 4.93. The number of hydrogen-bond acceptors (Lipinski definition) is 1. The average molecular weight is 266 g/mol. The molecular weight excluding hydrogens is 244 g/mol. The third-order valence-electron chi connectivity index (χ3n) is 4.93. The van der Waals surface area contributed by atoms with E-state index in [0.29, 0.717) is 0 Å². The first kappa shape index (κ1) is 12.2. The van der Waals surface area contributed by atoms with Crippen molar-refractivity contribution in [2.75, 3.05) is 0 Å². The number of fused-ring (bicyclic) bond motifs is 2. The van der Waals surface area contributed by atoms with Crippen LogP contribution in [0.3, 0.4) is 0 Å². The van der Waals surface area contributed by atoms with Gasteiger partial charge in [0.1, 0.15) is 5.82 Å². The summed E-state index contributed by atoms with van der Waals surface area (Å²) in [5, 5.41) is 0. The average Bonchev–Trinajstić information content (AvgIpc) is 3.04. The van der Waals surface area contributed by atoms with E-state index < -0.39 is 0 Å². The molecule has 1 aromatic carbocycles. The highest BCUT2D eigenvalue weighted by molar-refractivity contribution is 5.36. The van der Waals surface area contributed by atoms with Gasteiger partial charge in [0.2, 0.25) is 0 Å². The maximum Gasteiger partial charge on any atom is 0.106 e. The molecule has 0 saturated heterocycles. The van der Waals surface area contributed by atoms with E-state index in [-0.39, 0.29) is 0 Å². The van der Waals surface area contributed by atoms with Gasteiger partial charge in [0, 0.05) is 12.2 Å². The summed E-state index contributed by atoms with van der Waals surface area (Å²) in [5.41, 5.74) is 7.44. The summed E-state index contributed by atoms with van der Waals surface area (Å²) in [4.78, 5) is 4.78. The summed E-state index contributed by atoms with van der Waals surface area (Å²) in [6.07, 6.45) is 8.89. The van der Waals surface area contributed by atoms with Gasteiger partial charge in [-0.05, 0) is 68.6 Å². The van der Waals surface area contributed by atoms with Crippen LogP contribution < -0.4 is 0 Å². The van der Waals surface area contributed by atoms with Gasteiger partial charge in [0.05, 0.1) is 5.69 Å². The van der Waals surface area contributed by atoms with Gasteiger partial charge in [0.25, 0.3) is 0 Å². The summed E-state index contributed by atoms with van der Waals surface area (Å²) in [7, 11) is 0. The van der Waals surface area contributed by atoms with Crippen LogP contribution >= 0.6 is 0 Å². The van der Waals surface area contributed by atoms with Gasteiger partial charge in [-0.3, -0.25) is 0 Å². The van der Waals surface area contributed by atoms with Crippen LogP contribution in [0.15, 0.2) is 18.2 Å². The van der Waals surface area contributed by atoms with Gasteiger partial charge in [0.15, 0.2) is 0 Å². The Kier molecular flexibility index (Phi) is 2.90. The van der Waals surface area contributed by atoms with Crippen molar-refractivity contribution in [1.29, 1.82) is 0 Å². The maximum absolute atomic E-state index is 4.78. The Morgan fingerprint density at radius 3 is 2.80 bits per heavy atom. The van der Waals surface area contributed by atoms with Crippen LogP contribution in [0.1, 0.15) is 53.2 Å².